The summed E-state index contributed by atoms with van der Waals surface area (Å²) < 4.78 is 24.6. The maximum Gasteiger partial charge on any atom is 0.340 e. The quantitative estimate of drug-likeness (QED) is 0.744. The Bertz CT molecular complexity index is 527. The van der Waals surface area contributed by atoms with Crippen molar-refractivity contribution in [3.63, 3.8) is 0 Å². The predicted octanol–water partition coefficient (Wildman–Crippen LogP) is 4.61. The predicted molar refractivity (Wildman–Crippen MR) is 88.2 cm³/mol. The number of rotatable bonds is 7. The van der Waals surface area contributed by atoms with Crippen LogP contribution < -0.4 is 0 Å². The van der Waals surface area contributed by atoms with Crippen molar-refractivity contribution in [3.8, 4) is 0 Å². The van der Waals surface area contributed by atoms with Gasteiger partial charge in [-0.15, -0.1) is 0 Å². The van der Waals surface area contributed by atoms with Crippen molar-refractivity contribution in [3.05, 3.63) is 35.4 Å². The van der Waals surface area contributed by atoms with Gasteiger partial charge in [-0.3, -0.25) is 4.57 Å². The Balaban J connectivity index is 2.51. The van der Waals surface area contributed by atoms with Gasteiger partial charge in [0.25, 0.3) is 0 Å². The van der Waals surface area contributed by atoms with E-state index in [0.717, 1.165) is 24.0 Å². The molecule has 0 bridgehead atoms. The molecule has 1 saturated carbocycles. The number of aryl methyl sites for hydroxylation is 1. The molecular formula is C17H27O4P. The fourth-order valence-electron chi connectivity index (χ4n) is 3.43. The molecule has 0 radical (unpaired) electrons. The number of aliphatic hydroxyl groups is 1. The summed E-state index contributed by atoms with van der Waals surface area (Å²) in [6, 6.07) is 7.81. The Morgan fingerprint density at radius 1 is 1.23 bits per heavy atom. The van der Waals surface area contributed by atoms with Gasteiger partial charge in [-0.05, 0) is 39.2 Å². The van der Waals surface area contributed by atoms with Crippen LogP contribution in [0.4, 0.5) is 0 Å². The van der Waals surface area contributed by atoms with Crippen LogP contribution in [0.15, 0.2) is 24.3 Å². The molecule has 22 heavy (non-hydrogen) atoms. The summed E-state index contributed by atoms with van der Waals surface area (Å²) in [6.07, 6.45) is 3.15. The van der Waals surface area contributed by atoms with Crippen molar-refractivity contribution in [2.45, 2.75) is 57.7 Å². The molecule has 0 aromatic heterocycles. The maximum absolute atomic E-state index is 13.4. The third kappa shape index (κ3) is 3.62. The van der Waals surface area contributed by atoms with E-state index in [0.29, 0.717) is 26.1 Å². The molecule has 1 aromatic carbocycles. The van der Waals surface area contributed by atoms with Gasteiger partial charge < -0.3 is 14.2 Å². The third-order valence-electron chi connectivity index (χ3n) is 4.27. The van der Waals surface area contributed by atoms with Crippen LogP contribution in [0.3, 0.4) is 0 Å². The number of hydrogen-bond donors (Lipinski definition) is 1. The normalized spacial score (nSPS) is 19.3. The highest BCUT2D eigenvalue weighted by molar-refractivity contribution is 7.54. The highest BCUT2D eigenvalue weighted by atomic mass is 31.2. The molecule has 0 spiro atoms. The average molecular weight is 326 g/mol. The Labute approximate surface area is 133 Å². The molecule has 5 heteroatoms. The molecule has 0 saturated heterocycles. The van der Waals surface area contributed by atoms with E-state index in [9.17, 15) is 9.67 Å². The second-order valence-electron chi connectivity index (χ2n) is 6.00. The topological polar surface area (TPSA) is 55.8 Å². The highest BCUT2D eigenvalue weighted by Gasteiger charge is 2.52. The molecule has 0 heterocycles. The van der Waals surface area contributed by atoms with E-state index in [1.54, 1.807) is 13.8 Å². The summed E-state index contributed by atoms with van der Waals surface area (Å²) >= 11 is 0. The molecule has 1 atom stereocenters. The first-order chi connectivity index (χ1) is 10.4. The van der Waals surface area contributed by atoms with E-state index >= 15 is 0 Å². The maximum atomic E-state index is 13.4. The zero-order valence-corrected chi connectivity index (χ0v) is 14.6. The lowest BCUT2D eigenvalue weighted by Crippen LogP contribution is -2.34. The molecule has 4 nitrogen and oxygen atoms in total. The first-order valence-corrected chi connectivity index (χ1v) is 9.74. The van der Waals surface area contributed by atoms with Crippen molar-refractivity contribution in [1.29, 1.82) is 0 Å². The van der Waals surface area contributed by atoms with Gasteiger partial charge in [0.1, 0.15) is 5.66 Å². The van der Waals surface area contributed by atoms with Gasteiger partial charge in [-0.25, -0.2) is 0 Å². The van der Waals surface area contributed by atoms with Crippen LogP contribution in [-0.2, 0) is 13.6 Å². The fraction of sp³-hybridized carbons (Fsp3) is 0.647. The van der Waals surface area contributed by atoms with Gasteiger partial charge in [-0.1, -0.05) is 42.7 Å². The molecule has 1 N–H and O–H groups in total. The van der Waals surface area contributed by atoms with Crippen LogP contribution in [0.2, 0.25) is 0 Å². The molecular weight excluding hydrogens is 299 g/mol. The third-order valence-corrected chi connectivity index (χ3v) is 6.92. The Hall–Kier alpha value is -0.670. The molecule has 1 aromatic rings. The van der Waals surface area contributed by atoms with Gasteiger partial charge in [0.15, 0.2) is 0 Å². The van der Waals surface area contributed by atoms with Gasteiger partial charge >= 0.3 is 7.60 Å². The first kappa shape index (κ1) is 17.7. The summed E-state index contributed by atoms with van der Waals surface area (Å²) in [5, 5.41) is 11.2. The summed E-state index contributed by atoms with van der Waals surface area (Å²) in [4.78, 5) is 0. The zero-order valence-electron chi connectivity index (χ0n) is 13.7. The second-order valence-corrected chi connectivity index (χ2v) is 8.12. The van der Waals surface area contributed by atoms with Crippen LogP contribution >= 0.6 is 7.60 Å². The average Bonchev–Trinajstić information content (AvgIpc) is 2.86. The monoisotopic (exact) mass is 326 g/mol. The van der Waals surface area contributed by atoms with Crippen LogP contribution in [0.25, 0.3) is 0 Å². The highest BCUT2D eigenvalue weighted by Crippen LogP contribution is 2.67. The van der Waals surface area contributed by atoms with E-state index < -0.39 is 18.9 Å². The van der Waals surface area contributed by atoms with Gasteiger partial charge in [0.05, 0.1) is 18.8 Å². The van der Waals surface area contributed by atoms with E-state index in [2.05, 4.69) is 0 Å². The van der Waals surface area contributed by atoms with E-state index in [4.69, 9.17) is 9.05 Å². The minimum Gasteiger partial charge on any atom is -0.389 e. The Morgan fingerprint density at radius 2 is 1.82 bits per heavy atom. The standard InChI is InChI=1S/C17H27O4P/c1-4-20-22(19,21-5-2)16(17(18)11-6-7-12-17)15-10-8-9-14(3)13-15/h8-10,13,16,18H,4-7,11-12H2,1-3H3. The molecule has 0 amide bonds. The SMILES string of the molecule is CCOP(=O)(OCC)C(c1cccc(C)c1)C1(O)CCCC1. The van der Waals surface area contributed by atoms with Crippen LogP contribution in [-0.4, -0.2) is 23.9 Å². The lowest BCUT2D eigenvalue weighted by Gasteiger charge is -2.37. The zero-order chi connectivity index (χ0) is 16.2. The van der Waals surface area contributed by atoms with Crippen molar-refractivity contribution >= 4 is 7.60 Å². The minimum absolute atomic E-state index is 0.301. The minimum atomic E-state index is -3.44. The lowest BCUT2D eigenvalue weighted by molar-refractivity contribution is 0.0301. The Kier molecular flexibility index (Phi) is 5.84. The molecule has 1 unspecified atom stereocenters. The van der Waals surface area contributed by atoms with Gasteiger partial charge in [-0.2, -0.15) is 0 Å². The molecule has 2 rings (SSSR count). The van der Waals surface area contributed by atoms with E-state index in [1.807, 2.05) is 31.2 Å². The van der Waals surface area contributed by atoms with Crippen LogP contribution in [0, 0.1) is 6.92 Å². The molecule has 1 aliphatic carbocycles. The van der Waals surface area contributed by atoms with Crippen molar-refractivity contribution < 1.29 is 18.7 Å². The van der Waals surface area contributed by atoms with Crippen molar-refractivity contribution in [1.82, 2.24) is 0 Å². The smallest absolute Gasteiger partial charge is 0.340 e. The number of benzene rings is 1. The van der Waals surface area contributed by atoms with Gasteiger partial charge in [0.2, 0.25) is 0 Å². The summed E-state index contributed by atoms with van der Waals surface area (Å²) in [5.41, 5.74) is 0.272. The first-order valence-electron chi connectivity index (χ1n) is 8.13. The van der Waals surface area contributed by atoms with Crippen molar-refractivity contribution in [2.75, 3.05) is 13.2 Å². The van der Waals surface area contributed by atoms with E-state index in [-0.39, 0.29) is 0 Å². The summed E-state index contributed by atoms with van der Waals surface area (Å²) in [5.74, 6) is 0. The summed E-state index contributed by atoms with van der Waals surface area (Å²) in [7, 11) is -3.44. The van der Waals surface area contributed by atoms with Crippen LogP contribution in [0.1, 0.15) is 56.3 Å². The fourth-order valence-corrected chi connectivity index (χ4v) is 5.90. The largest absolute Gasteiger partial charge is 0.389 e. The Morgan fingerprint density at radius 3 is 2.32 bits per heavy atom. The molecule has 1 aliphatic rings. The number of hydrogen-bond acceptors (Lipinski definition) is 4. The van der Waals surface area contributed by atoms with Crippen molar-refractivity contribution in [2.24, 2.45) is 0 Å². The second kappa shape index (κ2) is 7.27. The summed E-state index contributed by atoms with van der Waals surface area (Å²) in [6.45, 7) is 6.20. The van der Waals surface area contributed by atoms with E-state index in [1.165, 1.54) is 0 Å². The molecule has 1 fully saturated rings. The molecule has 0 aliphatic heterocycles. The van der Waals surface area contributed by atoms with Gasteiger partial charge in [0, 0.05) is 0 Å². The molecule has 124 valence electrons. The van der Waals surface area contributed by atoms with Crippen LogP contribution in [0.5, 0.6) is 0 Å². The lowest BCUT2D eigenvalue weighted by atomic mass is 9.91.